The molecule has 5 rings (SSSR count). The second-order valence-electron chi connectivity index (χ2n) is 8.70. The van der Waals surface area contributed by atoms with Crippen molar-refractivity contribution in [3.05, 3.63) is 77.6 Å². The van der Waals surface area contributed by atoms with E-state index in [2.05, 4.69) is 86.2 Å². The summed E-state index contributed by atoms with van der Waals surface area (Å²) in [6.07, 6.45) is 6.61. The zero-order valence-corrected chi connectivity index (χ0v) is 16.9. The number of nitrogens with one attached hydrogen (secondary N) is 1. The Kier molecular flexibility index (Phi) is 5.15. The third-order valence-electron chi connectivity index (χ3n) is 7.14. The van der Waals surface area contributed by atoms with Gasteiger partial charge < -0.3 is 4.90 Å². The molecule has 0 bridgehead atoms. The Labute approximate surface area is 172 Å². The highest BCUT2D eigenvalue weighted by molar-refractivity contribution is 5.45. The fraction of sp³-hybridized carbons (Fsp3) is 0.458. The Hall–Kier alpha value is -2.53. The number of nitrogens with zero attached hydrogens (tertiary/aromatic N) is 4. The largest absolute Gasteiger partial charge is 0.303 e. The van der Waals surface area contributed by atoms with E-state index < -0.39 is 0 Å². The molecule has 2 aromatic carbocycles. The first-order valence-electron chi connectivity index (χ1n) is 10.9. The highest BCUT2D eigenvalue weighted by Crippen LogP contribution is 2.42. The van der Waals surface area contributed by atoms with E-state index in [1.165, 1.54) is 49.9 Å². The van der Waals surface area contributed by atoms with Crippen molar-refractivity contribution in [3.8, 4) is 0 Å². The third-order valence-corrected chi connectivity index (χ3v) is 7.14. The molecule has 2 fully saturated rings. The van der Waals surface area contributed by atoms with Crippen molar-refractivity contribution in [3.63, 3.8) is 0 Å². The summed E-state index contributed by atoms with van der Waals surface area (Å²) < 4.78 is 0. The summed E-state index contributed by atoms with van der Waals surface area (Å²) in [5.41, 5.74) is 2.10. The number of fused-ring (bicyclic) bond motifs is 1. The van der Waals surface area contributed by atoms with Crippen LogP contribution in [0.1, 0.15) is 49.1 Å². The predicted octanol–water partition coefficient (Wildman–Crippen LogP) is 4.05. The zero-order chi connectivity index (χ0) is 19.5. The number of tetrazole rings is 1. The number of H-pyrrole nitrogens is 1. The van der Waals surface area contributed by atoms with Gasteiger partial charge in [-0.05, 0) is 59.2 Å². The minimum atomic E-state index is -0.375. The molecule has 150 valence electrons. The van der Waals surface area contributed by atoms with Crippen LogP contribution in [-0.2, 0) is 5.41 Å². The van der Waals surface area contributed by atoms with Gasteiger partial charge in [0.05, 0.1) is 5.41 Å². The molecular weight excluding hydrogens is 358 g/mol. The number of hydrogen-bond acceptors (Lipinski definition) is 4. The molecule has 2 atom stereocenters. The highest BCUT2D eigenvalue weighted by Gasteiger charge is 2.41. The second-order valence-corrected chi connectivity index (χ2v) is 8.70. The molecule has 29 heavy (non-hydrogen) atoms. The Morgan fingerprint density at radius 1 is 0.862 bits per heavy atom. The SMILES string of the molecule is c1ccc(C(CCN2CC3CCCCC3C2)(c2ccccc2)c2nnn[nH]2)cc1. The summed E-state index contributed by atoms with van der Waals surface area (Å²) in [6, 6.07) is 21.4. The molecule has 0 radical (unpaired) electrons. The van der Waals surface area contributed by atoms with Crippen molar-refractivity contribution in [1.29, 1.82) is 0 Å². The monoisotopic (exact) mass is 387 g/mol. The van der Waals surface area contributed by atoms with Crippen LogP contribution in [0.3, 0.4) is 0 Å². The number of likely N-dealkylation sites (tertiary alicyclic amines) is 1. The molecule has 1 saturated carbocycles. The minimum Gasteiger partial charge on any atom is -0.303 e. The number of aromatic amines is 1. The Morgan fingerprint density at radius 3 is 1.97 bits per heavy atom. The summed E-state index contributed by atoms with van der Waals surface area (Å²) in [5.74, 6) is 2.63. The van der Waals surface area contributed by atoms with Gasteiger partial charge in [0.25, 0.3) is 0 Å². The zero-order valence-electron chi connectivity index (χ0n) is 16.9. The van der Waals surface area contributed by atoms with Crippen LogP contribution in [0.25, 0.3) is 0 Å². The van der Waals surface area contributed by atoms with Gasteiger partial charge in [0.2, 0.25) is 0 Å². The van der Waals surface area contributed by atoms with Crippen LogP contribution < -0.4 is 0 Å². The maximum absolute atomic E-state index is 4.42. The van der Waals surface area contributed by atoms with Gasteiger partial charge in [0.15, 0.2) is 5.82 Å². The average molecular weight is 388 g/mol. The Bertz CT molecular complexity index is 840. The van der Waals surface area contributed by atoms with Gasteiger partial charge in [0, 0.05) is 13.1 Å². The standard InChI is InChI=1S/C24H29N5/c1-3-11-21(12-4-1)24(23-25-27-28-26-23,22-13-5-2-6-14-22)15-16-29-17-19-9-7-8-10-20(19)18-29/h1-6,11-14,19-20H,7-10,15-18H2,(H,25,26,27,28). The van der Waals surface area contributed by atoms with Gasteiger partial charge in [0.1, 0.15) is 0 Å². The highest BCUT2D eigenvalue weighted by atomic mass is 15.5. The fourth-order valence-electron chi connectivity index (χ4n) is 5.64. The van der Waals surface area contributed by atoms with Gasteiger partial charge in [-0.1, -0.05) is 73.5 Å². The molecule has 0 spiro atoms. The molecule has 0 amide bonds. The van der Waals surface area contributed by atoms with Crippen LogP contribution in [0.15, 0.2) is 60.7 Å². The smallest absolute Gasteiger partial charge is 0.163 e. The number of benzene rings is 2. The molecule has 5 nitrogen and oxygen atoms in total. The van der Waals surface area contributed by atoms with Crippen LogP contribution in [0, 0.1) is 11.8 Å². The molecule has 1 aromatic heterocycles. The summed E-state index contributed by atoms with van der Waals surface area (Å²) >= 11 is 0. The maximum atomic E-state index is 4.42. The molecule has 2 aliphatic rings. The Balaban J connectivity index is 1.50. The molecule has 1 saturated heterocycles. The van der Waals surface area contributed by atoms with Gasteiger partial charge in [-0.3, -0.25) is 0 Å². The van der Waals surface area contributed by atoms with Gasteiger partial charge in [-0.25, -0.2) is 5.10 Å². The lowest BCUT2D eigenvalue weighted by Crippen LogP contribution is -2.36. The van der Waals surface area contributed by atoms with E-state index in [-0.39, 0.29) is 5.41 Å². The minimum absolute atomic E-state index is 0.375. The number of aromatic nitrogens is 4. The first-order chi connectivity index (χ1) is 14.4. The van der Waals surface area contributed by atoms with Crippen LogP contribution in [0.5, 0.6) is 0 Å². The maximum Gasteiger partial charge on any atom is 0.163 e. The third kappa shape index (κ3) is 3.48. The lowest BCUT2D eigenvalue weighted by Gasteiger charge is -2.34. The van der Waals surface area contributed by atoms with E-state index >= 15 is 0 Å². The summed E-state index contributed by atoms with van der Waals surface area (Å²) in [4.78, 5) is 2.69. The molecule has 5 heteroatoms. The average Bonchev–Trinajstić information content (AvgIpc) is 3.46. The first kappa shape index (κ1) is 18.5. The van der Waals surface area contributed by atoms with Crippen LogP contribution >= 0.6 is 0 Å². The molecule has 2 heterocycles. The van der Waals surface area contributed by atoms with E-state index in [0.717, 1.165) is 30.6 Å². The summed E-state index contributed by atoms with van der Waals surface area (Å²) in [7, 11) is 0. The normalized spacial score (nSPS) is 22.5. The van der Waals surface area contributed by atoms with Crippen molar-refractivity contribution >= 4 is 0 Å². The Morgan fingerprint density at radius 2 is 1.45 bits per heavy atom. The van der Waals surface area contributed by atoms with Crippen molar-refractivity contribution in [2.24, 2.45) is 11.8 Å². The molecule has 1 aliphatic heterocycles. The first-order valence-corrected chi connectivity index (χ1v) is 10.9. The second kappa shape index (κ2) is 8.07. The lowest BCUT2D eigenvalue weighted by atomic mass is 9.71. The van der Waals surface area contributed by atoms with Crippen molar-refractivity contribution in [2.45, 2.75) is 37.5 Å². The van der Waals surface area contributed by atoms with E-state index in [1.54, 1.807) is 0 Å². The van der Waals surface area contributed by atoms with E-state index in [4.69, 9.17) is 0 Å². The van der Waals surface area contributed by atoms with Gasteiger partial charge in [-0.15, -0.1) is 5.10 Å². The van der Waals surface area contributed by atoms with Crippen LogP contribution in [-0.4, -0.2) is 45.2 Å². The topological polar surface area (TPSA) is 57.7 Å². The van der Waals surface area contributed by atoms with Gasteiger partial charge in [-0.2, -0.15) is 0 Å². The van der Waals surface area contributed by atoms with Gasteiger partial charge >= 0.3 is 0 Å². The molecular formula is C24H29N5. The van der Waals surface area contributed by atoms with E-state index in [0.29, 0.717) is 0 Å². The lowest BCUT2D eigenvalue weighted by molar-refractivity contribution is 0.293. The number of rotatable bonds is 6. The van der Waals surface area contributed by atoms with Crippen molar-refractivity contribution < 1.29 is 0 Å². The quantitative estimate of drug-likeness (QED) is 0.693. The van der Waals surface area contributed by atoms with Crippen LogP contribution in [0.4, 0.5) is 0 Å². The molecule has 1 N–H and O–H groups in total. The summed E-state index contributed by atoms with van der Waals surface area (Å²) in [5, 5.41) is 15.4. The summed E-state index contributed by atoms with van der Waals surface area (Å²) in [6.45, 7) is 3.55. The number of hydrogen-bond donors (Lipinski definition) is 1. The van der Waals surface area contributed by atoms with Crippen LogP contribution in [0.2, 0.25) is 0 Å². The van der Waals surface area contributed by atoms with E-state index in [1.807, 2.05) is 0 Å². The molecule has 1 aliphatic carbocycles. The van der Waals surface area contributed by atoms with E-state index in [9.17, 15) is 0 Å². The molecule has 2 unspecified atom stereocenters. The molecule has 3 aromatic rings. The predicted molar refractivity (Wildman–Crippen MR) is 113 cm³/mol. The van der Waals surface area contributed by atoms with Crippen molar-refractivity contribution in [1.82, 2.24) is 25.5 Å². The van der Waals surface area contributed by atoms with Crippen molar-refractivity contribution in [2.75, 3.05) is 19.6 Å². The fourth-order valence-corrected chi connectivity index (χ4v) is 5.64.